The van der Waals surface area contributed by atoms with Crippen molar-refractivity contribution >= 4 is 10.1 Å². The molecule has 0 aromatic rings. The molecule has 0 aromatic carbocycles. The molecule has 0 rings (SSSR count). The summed E-state index contributed by atoms with van der Waals surface area (Å²) in [4.78, 5) is 34.4. The number of hydrogen-bond donors (Lipinski definition) is 3. The van der Waals surface area contributed by atoms with Crippen LogP contribution >= 0.6 is 10.1 Å². The molecular formula is H6ClCoN6O4-2. The maximum atomic E-state index is 9.99. The fourth-order valence-electron chi connectivity index (χ4n) is 0.289. The summed E-state index contributed by atoms with van der Waals surface area (Å²) < 4.78 is -0.786. The van der Waals surface area contributed by atoms with Crippen molar-refractivity contribution < 1.29 is 21.6 Å². The molecule has 0 spiro atoms. The second-order valence-corrected chi connectivity index (χ2v) is 6.95. The van der Waals surface area contributed by atoms with Gasteiger partial charge in [0.15, 0.2) is 0 Å². The summed E-state index contributed by atoms with van der Waals surface area (Å²) in [6.45, 7) is 0. The van der Waals surface area contributed by atoms with Gasteiger partial charge in [-0.05, 0) is 0 Å². The van der Waals surface area contributed by atoms with Gasteiger partial charge in [-0.1, -0.05) is 0 Å². The summed E-state index contributed by atoms with van der Waals surface area (Å²) in [6, 6.07) is 0. The molecule has 78 valence electrons. The first-order valence-electron chi connectivity index (χ1n) is 1.98. The van der Waals surface area contributed by atoms with Gasteiger partial charge in [-0.15, -0.1) is 0 Å². The van der Waals surface area contributed by atoms with Gasteiger partial charge in [0.2, 0.25) is 0 Å². The molecule has 0 radical (unpaired) electrons. The van der Waals surface area contributed by atoms with E-state index in [0.717, 1.165) is 0 Å². The van der Waals surface area contributed by atoms with Crippen LogP contribution in [0.4, 0.5) is 0 Å². The molecule has 0 aliphatic heterocycles. The number of nitrogens with two attached hydrogens (primary N) is 3. The van der Waals surface area contributed by atoms with Crippen molar-refractivity contribution in [3.8, 4) is 0 Å². The molecule has 0 heterocycles. The molecule has 0 amide bonds. The Morgan fingerprint density at radius 3 is 1.42 bits per heavy atom. The zero-order chi connectivity index (χ0) is 10.2. The van der Waals surface area contributed by atoms with Gasteiger partial charge in [-0.2, -0.15) is 0 Å². The third-order valence-electron chi connectivity index (χ3n) is 0.536. The molecule has 0 saturated carbocycles. The Hall–Kier alpha value is -0.724. The Kier molecular flexibility index (Phi) is 2.49. The standard InChI is InChI=1S/ClH.Co.N3O4.3H2N/c;;4-2(5)1-3(6)7;;;/h1H;;;3*1H2/q;+3;4*-1/p-1. The van der Waals surface area contributed by atoms with Crippen molar-refractivity contribution in [1.82, 2.24) is 4.17 Å². The predicted octanol–water partition coefficient (Wildman–Crippen LogP) is -1.95. The second kappa shape index (κ2) is 2.65. The van der Waals surface area contributed by atoms with Gasteiger partial charge in [0.25, 0.3) is 0 Å². The molecule has 0 saturated heterocycles. The van der Waals surface area contributed by atoms with Crippen LogP contribution < -0.4 is 14.3 Å². The third-order valence-corrected chi connectivity index (χ3v) is 2.17. The Balaban J connectivity index is 5.04. The predicted molar refractivity (Wildman–Crippen MR) is 34.2 cm³/mol. The van der Waals surface area contributed by atoms with Gasteiger partial charge in [0.1, 0.15) is 0 Å². The Bertz CT molecular complexity index is 206. The van der Waals surface area contributed by atoms with E-state index in [4.69, 9.17) is 24.5 Å². The summed E-state index contributed by atoms with van der Waals surface area (Å²) in [6.07, 6.45) is 0. The van der Waals surface area contributed by atoms with Crippen LogP contribution in [0.25, 0.3) is 0 Å². The van der Waals surface area contributed by atoms with Crippen LogP contribution in [-0.2, 0) is 11.5 Å². The van der Waals surface area contributed by atoms with Gasteiger partial charge in [-0.3, -0.25) is 0 Å². The minimum absolute atomic E-state index is 0.786. The fraction of sp³-hybridized carbons (Fsp3) is 0. The first kappa shape index (κ1) is 11.3. The molecule has 0 atom stereocenters. The van der Waals surface area contributed by atoms with Crippen LogP contribution in [0.2, 0.25) is 0 Å². The average molecular weight is 248 g/mol. The van der Waals surface area contributed by atoms with E-state index in [-0.39, 0.29) is 0 Å². The Labute approximate surface area is 71.1 Å². The van der Waals surface area contributed by atoms with Gasteiger partial charge in [0.05, 0.1) is 0 Å². The van der Waals surface area contributed by atoms with Crippen LogP contribution in [0.15, 0.2) is 0 Å². The molecular weight excluding hydrogens is 242 g/mol. The maximum absolute atomic E-state index is 9.99. The van der Waals surface area contributed by atoms with Crippen molar-refractivity contribution in [3.05, 3.63) is 20.2 Å². The summed E-state index contributed by atoms with van der Waals surface area (Å²) in [7, 11) is 5.05. The fourth-order valence-corrected chi connectivity index (χ4v) is 1.35. The average Bonchev–Trinajstić information content (AvgIpc) is 1.51. The number of hydrogen-bond acceptors (Lipinski definition) is 7. The van der Waals surface area contributed by atoms with Crippen LogP contribution in [0.5, 0.6) is 0 Å². The van der Waals surface area contributed by atoms with Crippen molar-refractivity contribution in [2.45, 2.75) is 0 Å². The van der Waals surface area contributed by atoms with Crippen LogP contribution in [0.3, 0.4) is 0 Å². The summed E-state index contributed by atoms with van der Waals surface area (Å²) in [5.74, 6) is 0. The molecule has 12 heteroatoms. The molecule has 6 N–H and O–H groups in total. The zero-order valence-corrected chi connectivity index (χ0v) is 7.21. The van der Waals surface area contributed by atoms with E-state index < -0.39 is 25.8 Å². The molecule has 0 aliphatic carbocycles. The van der Waals surface area contributed by atoms with Crippen LogP contribution in [0, 0.1) is 20.2 Å². The molecule has 0 aliphatic rings. The van der Waals surface area contributed by atoms with E-state index in [1.54, 1.807) is 0 Å². The molecule has 0 fully saturated rings. The van der Waals surface area contributed by atoms with Gasteiger partial charge in [-0.25, -0.2) is 0 Å². The molecule has 0 unspecified atom stereocenters. The number of halogens is 1. The van der Waals surface area contributed by atoms with Gasteiger partial charge >= 0.3 is 70.5 Å². The van der Waals surface area contributed by atoms with Crippen LogP contribution in [-0.4, -0.2) is 14.2 Å². The van der Waals surface area contributed by atoms with Crippen molar-refractivity contribution in [2.75, 3.05) is 0 Å². The third kappa shape index (κ3) is 2.72. The molecule has 0 bridgehead atoms. The van der Waals surface area contributed by atoms with E-state index in [1.165, 1.54) is 0 Å². The second-order valence-electron chi connectivity index (χ2n) is 1.56. The number of nitro groups is 2. The molecule has 10 nitrogen and oxygen atoms in total. The first-order valence-corrected chi connectivity index (χ1v) is 5.68. The van der Waals surface area contributed by atoms with Gasteiger partial charge in [0, 0.05) is 0 Å². The topological polar surface area (TPSA) is 168 Å². The van der Waals surface area contributed by atoms with E-state index in [2.05, 4.69) is 0 Å². The molecule has 12 heavy (non-hydrogen) atoms. The minimum atomic E-state index is -4.95. The monoisotopic (exact) mass is 248 g/mol. The van der Waals surface area contributed by atoms with Crippen molar-refractivity contribution in [3.63, 3.8) is 0 Å². The molecule has 0 aromatic heterocycles. The Morgan fingerprint density at radius 2 is 1.42 bits per heavy atom. The van der Waals surface area contributed by atoms with E-state index in [9.17, 15) is 20.2 Å². The van der Waals surface area contributed by atoms with E-state index in [0.29, 0.717) is 0 Å². The quantitative estimate of drug-likeness (QED) is 0.382. The van der Waals surface area contributed by atoms with Crippen molar-refractivity contribution in [2.24, 2.45) is 14.3 Å². The first-order chi connectivity index (χ1) is 5.02. The summed E-state index contributed by atoms with van der Waals surface area (Å²) in [5.41, 5.74) is 0. The van der Waals surface area contributed by atoms with Crippen LogP contribution in [0.1, 0.15) is 0 Å². The zero-order valence-electron chi connectivity index (χ0n) is 5.42. The number of rotatable bonds is 3. The number of hydrazine groups is 2. The normalized spacial score (nSPS) is 14.5. The summed E-state index contributed by atoms with van der Waals surface area (Å²) in [5, 5.41) is 17.0. The van der Waals surface area contributed by atoms with E-state index >= 15 is 0 Å². The summed E-state index contributed by atoms with van der Waals surface area (Å²) >= 11 is -4.95. The number of nitrogens with zero attached hydrogens (tertiary/aromatic N) is 3. The van der Waals surface area contributed by atoms with E-state index in [1.807, 2.05) is 0 Å². The van der Waals surface area contributed by atoms with Crippen molar-refractivity contribution in [1.29, 1.82) is 0 Å². The van der Waals surface area contributed by atoms with Gasteiger partial charge < -0.3 is 0 Å². The SMILES string of the molecule is [NH2][Co-2]([NH2])([NH2])([Cl])[N]([N+](=O)[O-])[N+](=O)[O-]. The Morgan fingerprint density at radius 1 is 1.17 bits per heavy atom.